The summed E-state index contributed by atoms with van der Waals surface area (Å²) >= 11 is -3.01. The number of halogens is 2. The molecule has 0 fully saturated rings. The van der Waals surface area contributed by atoms with Gasteiger partial charge >= 0.3 is 11.7 Å². The number of pyridine rings is 1. The van der Waals surface area contributed by atoms with Crippen LogP contribution in [0.2, 0.25) is 0 Å². The molecule has 2 aromatic heterocycles. The Balaban J connectivity index is 2.17. The van der Waals surface area contributed by atoms with Crippen LogP contribution in [0, 0.1) is 0 Å². The molecular weight excluding hydrogens is 368 g/mol. The van der Waals surface area contributed by atoms with Crippen LogP contribution in [0.25, 0.3) is 11.0 Å². The third-order valence-corrected chi connectivity index (χ3v) is 3.76. The maximum atomic E-state index is 13.3. The SMILES string of the molecule is [2H]c1c(OC([2H])(F)F)c([2H])c2[nH]c([S+]([O-])C([2H])([2H])c3nccc(OC([2H])([2H])[2H])c3OC([2H])([2H])[2H])nc2c1[2H]. The minimum absolute atomic E-state index is 0.550. The molecule has 3 rings (SSSR count). The van der Waals surface area contributed by atoms with Crippen LogP contribution in [0.15, 0.2) is 35.5 Å². The number of aromatic nitrogens is 3. The molecule has 0 saturated carbocycles. The highest BCUT2D eigenvalue weighted by molar-refractivity contribution is 7.90. The van der Waals surface area contributed by atoms with Crippen molar-refractivity contribution in [1.29, 1.82) is 0 Å². The van der Waals surface area contributed by atoms with Gasteiger partial charge in [0.2, 0.25) is 0 Å². The van der Waals surface area contributed by atoms with Crippen LogP contribution in [0.5, 0.6) is 17.2 Å². The first-order valence-electron chi connectivity index (χ1n) is 12.5. The molecule has 0 bridgehead atoms. The second kappa shape index (κ2) is 7.75. The lowest BCUT2D eigenvalue weighted by Gasteiger charge is -2.12. The molecule has 26 heavy (non-hydrogen) atoms. The number of imidazole rings is 1. The zero-order valence-corrected chi connectivity index (χ0v) is 13.2. The summed E-state index contributed by atoms with van der Waals surface area (Å²) in [5.41, 5.74) is -5.29. The molecule has 3 aromatic rings. The maximum absolute atomic E-state index is 13.3. The topological polar surface area (TPSA) is 92.3 Å². The van der Waals surface area contributed by atoms with Gasteiger partial charge in [-0.15, -0.1) is 0 Å². The molecular formula is C16H15F2N3O4S. The van der Waals surface area contributed by atoms with Gasteiger partial charge in [-0.1, -0.05) is 0 Å². The molecule has 1 atom stereocenters. The first-order chi connectivity index (χ1) is 17.1. The third-order valence-electron chi connectivity index (χ3n) is 2.84. The quantitative estimate of drug-likeness (QED) is 0.619. The van der Waals surface area contributed by atoms with Gasteiger partial charge in [-0.25, -0.2) is 0 Å². The number of methoxy groups -OCH3 is 2. The Morgan fingerprint density at radius 3 is 3.08 bits per heavy atom. The lowest BCUT2D eigenvalue weighted by molar-refractivity contribution is -0.0497. The average Bonchev–Trinajstić information content (AvgIpc) is 3.19. The number of aromatic amines is 1. The average molecular weight is 395 g/mol. The lowest BCUT2D eigenvalue weighted by Crippen LogP contribution is -2.10. The van der Waals surface area contributed by atoms with Crippen molar-refractivity contribution in [3.63, 3.8) is 0 Å². The van der Waals surface area contributed by atoms with Crippen LogP contribution in [0.4, 0.5) is 8.78 Å². The normalized spacial score (nSPS) is 21.0. The Bertz CT molecular complexity index is 1360. The van der Waals surface area contributed by atoms with Gasteiger partial charge in [0.05, 0.1) is 40.2 Å². The molecule has 0 aliphatic carbocycles. The van der Waals surface area contributed by atoms with Crippen LogP contribution in [0.3, 0.4) is 0 Å². The molecule has 0 aliphatic rings. The summed E-state index contributed by atoms with van der Waals surface area (Å²) < 4.78 is 143. The van der Waals surface area contributed by atoms with E-state index in [1.54, 1.807) is 0 Å². The Labute approximate surface area is 167 Å². The van der Waals surface area contributed by atoms with Crippen molar-refractivity contribution < 1.29 is 44.0 Å². The Hall–Kier alpha value is -2.59. The lowest BCUT2D eigenvalue weighted by atomic mass is 10.3. The number of hydrogen-bond acceptors (Lipinski definition) is 6. The molecule has 0 aliphatic heterocycles. The van der Waals surface area contributed by atoms with E-state index in [-0.39, 0.29) is 0 Å². The summed E-state index contributed by atoms with van der Waals surface area (Å²) in [7, 11) is -6.39. The molecule has 138 valence electrons. The molecule has 2 heterocycles. The van der Waals surface area contributed by atoms with Gasteiger partial charge in [0.1, 0.15) is 11.4 Å². The molecule has 0 saturated heterocycles. The molecule has 1 aromatic carbocycles. The van der Waals surface area contributed by atoms with E-state index in [4.69, 9.17) is 21.2 Å². The van der Waals surface area contributed by atoms with Crippen molar-refractivity contribution in [2.45, 2.75) is 17.4 Å². The summed E-state index contributed by atoms with van der Waals surface area (Å²) in [6.07, 6.45) is 0.831. The van der Waals surface area contributed by atoms with Gasteiger partial charge in [-0.3, -0.25) is 9.97 Å². The second-order valence-electron chi connectivity index (χ2n) is 4.36. The Kier molecular flexibility index (Phi) is 2.50. The minimum atomic E-state index is -4.57. The van der Waals surface area contributed by atoms with E-state index < -0.39 is 94.8 Å². The third kappa shape index (κ3) is 3.81. The Morgan fingerprint density at radius 2 is 2.31 bits per heavy atom. The molecule has 0 amide bonds. The number of rotatable bonds is 7. The number of hydrogen-bond donors (Lipinski definition) is 1. The number of nitrogens with one attached hydrogen (secondary N) is 1. The fourth-order valence-corrected chi connectivity index (χ4v) is 2.61. The first kappa shape index (κ1) is 8.40. The van der Waals surface area contributed by atoms with Crippen LogP contribution in [-0.4, -0.2) is 40.2 Å². The molecule has 0 radical (unpaired) electrons. The van der Waals surface area contributed by atoms with Crippen molar-refractivity contribution in [3.05, 3.63) is 36.1 Å². The van der Waals surface area contributed by atoms with Crippen molar-refractivity contribution in [2.24, 2.45) is 0 Å². The predicted molar refractivity (Wildman–Crippen MR) is 90.2 cm³/mol. The predicted octanol–water partition coefficient (Wildman–Crippen LogP) is 2.88. The van der Waals surface area contributed by atoms with Gasteiger partial charge in [0, 0.05) is 29.5 Å². The fourth-order valence-electron chi connectivity index (χ4n) is 1.83. The smallest absolute Gasteiger partial charge is 0.387 e. The summed E-state index contributed by atoms with van der Waals surface area (Å²) in [6.45, 7) is -4.57. The molecule has 1 unspecified atom stereocenters. The highest BCUT2D eigenvalue weighted by Crippen LogP contribution is 2.31. The standard InChI is InChI=1S/C16H15F2N3O4S/c1-23-13-5-6-19-12(14(13)24-2)8-26(22)16-20-10-4-3-9(25-15(17)18)7-11(10)21-16/h3-7,15H,8H2,1-2H3,(H,20,21)/i1D3,2D3,3D,4D,7D,8D2,15D. The highest BCUT2D eigenvalue weighted by atomic mass is 32.2. The minimum Gasteiger partial charge on any atom is -0.609 e. The van der Waals surface area contributed by atoms with Crippen molar-refractivity contribution in [2.75, 3.05) is 14.1 Å². The van der Waals surface area contributed by atoms with Gasteiger partial charge in [-0.05, 0) is 12.1 Å². The van der Waals surface area contributed by atoms with Crippen molar-refractivity contribution >= 4 is 22.2 Å². The number of fused-ring (bicyclic) bond motifs is 1. The number of ether oxygens (including phenoxy) is 3. The van der Waals surface area contributed by atoms with E-state index in [1.165, 1.54) is 0 Å². The van der Waals surface area contributed by atoms with E-state index in [9.17, 15) is 13.3 Å². The second-order valence-corrected chi connectivity index (χ2v) is 5.49. The molecule has 10 heteroatoms. The molecule has 1 N–H and O–H groups in total. The zero-order chi connectivity index (χ0) is 29.0. The van der Waals surface area contributed by atoms with Crippen LogP contribution in [0.1, 0.15) is 22.1 Å². The molecule has 7 nitrogen and oxygen atoms in total. The van der Waals surface area contributed by atoms with Crippen molar-refractivity contribution in [1.82, 2.24) is 15.0 Å². The summed E-state index contributed by atoms with van der Waals surface area (Å²) in [6, 6.07) is -2.03. The van der Waals surface area contributed by atoms with Crippen molar-refractivity contribution in [3.8, 4) is 17.2 Å². The van der Waals surface area contributed by atoms with E-state index >= 15 is 0 Å². The van der Waals surface area contributed by atoms with Gasteiger partial charge in [0.25, 0.3) is 0 Å². The van der Waals surface area contributed by atoms with Gasteiger partial charge in [0.15, 0.2) is 18.6 Å². The monoisotopic (exact) mass is 395 g/mol. The number of alkyl halides is 2. The van der Waals surface area contributed by atoms with Gasteiger partial charge in [-0.2, -0.15) is 13.8 Å². The number of benzene rings is 1. The van der Waals surface area contributed by atoms with E-state index in [0.29, 0.717) is 0 Å². The van der Waals surface area contributed by atoms with E-state index in [0.717, 1.165) is 12.3 Å². The number of nitrogens with zero attached hydrogens (tertiary/aromatic N) is 2. The van der Waals surface area contributed by atoms with Crippen LogP contribution < -0.4 is 14.2 Å². The van der Waals surface area contributed by atoms with E-state index in [2.05, 4.69) is 24.4 Å². The van der Waals surface area contributed by atoms with Crippen LogP contribution >= 0.6 is 0 Å². The molecule has 0 spiro atoms. The zero-order valence-electron chi connectivity index (χ0n) is 24.3. The van der Waals surface area contributed by atoms with Gasteiger partial charge < -0.3 is 18.8 Å². The fraction of sp³-hybridized carbons (Fsp3) is 0.250. The summed E-state index contributed by atoms with van der Waals surface area (Å²) in [4.78, 5) is 9.61. The summed E-state index contributed by atoms with van der Waals surface area (Å²) in [5.74, 6) is -2.95. The van der Waals surface area contributed by atoms with E-state index in [1.807, 2.05) is 0 Å². The largest absolute Gasteiger partial charge is 0.609 e. The maximum Gasteiger partial charge on any atom is 0.387 e. The highest BCUT2D eigenvalue weighted by Gasteiger charge is 2.22. The first-order valence-corrected chi connectivity index (χ1v) is 7.63. The van der Waals surface area contributed by atoms with Crippen LogP contribution in [-0.2, 0) is 16.9 Å². The summed E-state index contributed by atoms with van der Waals surface area (Å²) in [5, 5.41) is -0.801. The Morgan fingerprint density at radius 1 is 1.46 bits per heavy atom. The number of H-pyrrole nitrogens is 1.